The molecule has 0 unspecified atom stereocenters. The lowest BCUT2D eigenvalue weighted by atomic mass is 10.1. The lowest BCUT2D eigenvalue weighted by Crippen LogP contribution is -2.05. The Kier molecular flexibility index (Phi) is 4.45. The fourth-order valence-electron chi connectivity index (χ4n) is 2.09. The molecule has 0 saturated heterocycles. The van der Waals surface area contributed by atoms with E-state index >= 15 is 0 Å². The van der Waals surface area contributed by atoms with E-state index in [-0.39, 0.29) is 0 Å². The first-order valence-electron chi connectivity index (χ1n) is 6.49. The Morgan fingerprint density at radius 3 is 2.65 bits per heavy atom. The van der Waals surface area contributed by atoms with Crippen LogP contribution < -0.4 is 10.1 Å². The van der Waals surface area contributed by atoms with Gasteiger partial charge in [-0.2, -0.15) is 0 Å². The van der Waals surface area contributed by atoms with Crippen LogP contribution in [0, 0.1) is 6.92 Å². The molecule has 0 amide bonds. The van der Waals surface area contributed by atoms with Crippen molar-refractivity contribution in [2.75, 3.05) is 19.5 Å². The van der Waals surface area contributed by atoms with E-state index in [1.54, 1.807) is 13.2 Å². The Bertz CT molecular complexity index is 629. The highest BCUT2D eigenvalue weighted by atomic mass is 35.5. The minimum Gasteiger partial charge on any atom is -0.496 e. The number of hydrogen-bond acceptors (Lipinski definition) is 4. The maximum absolute atomic E-state index is 6.11. The molecule has 2 aromatic rings. The number of nitrogens with zero attached hydrogens (tertiary/aromatic N) is 2. The molecule has 20 heavy (non-hydrogen) atoms. The molecule has 1 heterocycles. The molecule has 0 aliphatic rings. The largest absolute Gasteiger partial charge is 0.496 e. The predicted octanol–water partition coefficient (Wildman–Crippen LogP) is 3.72. The quantitative estimate of drug-likeness (QED) is 0.932. The standard InChI is InChI=1S/C15H18ClN3O/c1-5-13-18-14(9(2)15(17-3)19-13)11-8-10(16)6-7-12(11)20-4/h6-8H,5H2,1-4H3,(H,17,18,19). The Balaban J connectivity index is 2.71. The van der Waals surface area contributed by atoms with Crippen LogP contribution in [-0.2, 0) is 6.42 Å². The van der Waals surface area contributed by atoms with Gasteiger partial charge in [0.15, 0.2) is 0 Å². The van der Waals surface area contributed by atoms with Gasteiger partial charge in [-0.25, -0.2) is 9.97 Å². The van der Waals surface area contributed by atoms with Gasteiger partial charge in [0.25, 0.3) is 0 Å². The van der Waals surface area contributed by atoms with E-state index in [0.717, 1.165) is 40.6 Å². The first-order chi connectivity index (χ1) is 9.60. The first kappa shape index (κ1) is 14.6. The summed E-state index contributed by atoms with van der Waals surface area (Å²) in [5.41, 5.74) is 2.71. The molecule has 0 bridgehead atoms. The molecule has 1 N–H and O–H groups in total. The van der Waals surface area contributed by atoms with Crippen molar-refractivity contribution in [3.8, 4) is 17.0 Å². The summed E-state index contributed by atoms with van der Waals surface area (Å²) >= 11 is 6.11. The van der Waals surface area contributed by atoms with E-state index in [2.05, 4.69) is 15.3 Å². The summed E-state index contributed by atoms with van der Waals surface area (Å²) in [7, 11) is 3.50. The van der Waals surface area contributed by atoms with Gasteiger partial charge in [-0.3, -0.25) is 0 Å². The van der Waals surface area contributed by atoms with Gasteiger partial charge in [-0.15, -0.1) is 0 Å². The normalized spacial score (nSPS) is 10.4. The predicted molar refractivity (Wildman–Crippen MR) is 82.7 cm³/mol. The molecule has 5 heteroatoms. The molecule has 0 radical (unpaired) electrons. The lowest BCUT2D eigenvalue weighted by molar-refractivity contribution is 0.416. The van der Waals surface area contributed by atoms with Crippen LogP contribution in [0.1, 0.15) is 18.3 Å². The second kappa shape index (κ2) is 6.09. The van der Waals surface area contributed by atoms with Crippen LogP contribution in [-0.4, -0.2) is 24.1 Å². The summed E-state index contributed by atoms with van der Waals surface area (Å²) in [5, 5.41) is 3.76. The zero-order valence-electron chi connectivity index (χ0n) is 12.1. The number of hydrogen-bond donors (Lipinski definition) is 1. The molecule has 1 aromatic heterocycles. The number of aromatic nitrogens is 2. The first-order valence-corrected chi connectivity index (χ1v) is 6.87. The van der Waals surface area contributed by atoms with Crippen LogP contribution in [0.15, 0.2) is 18.2 Å². The molecule has 0 atom stereocenters. The van der Waals surface area contributed by atoms with Gasteiger partial charge >= 0.3 is 0 Å². The fraction of sp³-hybridized carbons (Fsp3) is 0.333. The van der Waals surface area contributed by atoms with Crippen LogP contribution in [0.5, 0.6) is 5.75 Å². The third kappa shape index (κ3) is 2.70. The van der Waals surface area contributed by atoms with Gasteiger partial charge in [0.1, 0.15) is 17.4 Å². The summed E-state index contributed by atoms with van der Waals surface area (Å²) in [4.78, 5) is 9.11. The van der Waals surface area contributed by atoms with Crippen LogP contribution in [0.25, 0.3) is 11.3 Å². The van der Waals surface area contributed by atoms with E-state index in [4.69, 9.17) is 16.3 Å². The molecule has 1 aromatic carbocycles. The third-order valence-corrected chi connectivity index (χ3v) is 3.40. The average molecular weight is 292 g/mol. The molecule has 106 valence electrons. The Hall–Kier alpha value is -1.81. The van der Waals surface area contributed by atoms with Crippen LogP contribution in [0.2, 0.25) is 5.02 Å². The van der Waals surface area contributed by atoms with E-state index in [1.165, 1.54) is 0 Å². The highest BCUT2D eigenvalue weighted by Crippen LogP contribution is 2.34. The van der Waals surface area contributed by atoms with E-state index in [0.29, 0.717) is 5.02 Å². The highest BCUT2D eigenvalue weighted by molar-refractivity contribution is 6.31. The van der Waals surface area contributed by atoms with Gasteiger partial charge in [-0.05, 0) is 25.1 Å². The fourth-order valence-corrected chi connectivity index (χ4v) is 2.26. The Morgan fingerprint density at radius 1 is 1.30 bits per heavy atom. The lowest BCUT2D eigenvalue weighted by Gasteiger charge is -2.14. The number of ether oxygens (including phenoxy) is 1. The smallest absolute Gasteiger partial charge is 0.133 e. The van der Waals surface area contributed by atoms with E-state index in [1.807, 2.05) is 33.0 Å². The number of rotatable bonds is 4. The van der Waals surface area contributed by atoms with Gasteiger partial charge in [-0.1, -0.05) is 18.5 Å². The topological polar surface area (TPSA) is 47.0 Å². The third-order valence-electron chi connectivity index (χ3n) is 3.16. The van der Waals surface area contributed by atoms with Gasteiger partial charge < -0.3 is 10.1 Å². The van der Waals surface area contributed by atoms with Gasteiger partial charge in [0.2, 0.25) is 0 Å². The van der Waals surface area contributed by atoms with Crippen molar-refractivity contribution in [2.24, 2.45) is 0 Å². The summed E-state index contributed by atoms with van der Waals surface area (Å²) in [6.07, 6.45) is 0.769. The van der Waals surface area contributed by atoms with Crippen molar-refractivity contribution in [2.45, 2.75) is 20.3 Å². The number of aryl methyl sites for hydroxylation is 1. The van der Waals surface area contributed by atoms with E-state index < -0.39 is 0 Å². The summed E-state index contributed by atoms with van der Waals surface area (Å²) in [5.74, 6) is 2.37. The molecular formula is C15H18ClN3O. The molecule has 0 saturated carbocycles. The van der Waals surface area contributed by atoms with Crippen molar-refractivity contribution in [3.63, 3.8) is 0 Å². The molecule has 0 spiro atoms. The van der Waals surface area contributed by atoms with Crippen molar-refractivity contribution in [1.29, 1.82) is 0 Å². The average Bonchev–Trinajstić information content (AvgIpc) is 2.47. The second-order valence-electron chi connectivity index (χ2n) is 4.41. The highest BCUT2D eigenvalue weighted by Gasteiger charge is 2.15. The Labute approximate surface area is 124 Å². The summed E-state index contributed by atoms with van der Waals surface area (Å²) in [6, 6.07) is 5.53. The molecule has 0 aliphatic heterocycles. The van der Waals surface area contributed by atoms with E-state index in [9.17, 15) is 0 Å². The second-order valence-corrected chi connectivity index (χ2v) is 4.85. The maximum atomic E-state index is 6.11. The number of methoxy groups -OCH3 is 1. The number of anilines is 1. The summed E-state index contributed by atoms with van der Waals surface area (Å²) in [6.45, 7) is 4.02. The van der Waals surface area contributed by atoms with Crippen LogP contribution in [0.4, 0.5) is 5.82 Å². The molecule has 2 rings (SSSR count). The van der Waals surface area contributed by atoms with Crippen LogP contribution >= 0.6 is 11.6 Å². The zero-order valence-corrected chi connectivity index (χ0v) is 12.9. The minimum absolute atomic E-state index is 0.655. The van der Waals surface area contributed by atoms with Crippen molar-refractivity contribution in [3.05, 3.63) is 34.6 Å². The number of halogens is 1. The van der Waals surface area contributed by atoms with Gasteiger partial charge in [0.05, 0.1) is 12.8 Å². The molecule has 0 aliphatic carbocycles. The maximum Gasteiger partial charge on any atom is 0.133 e. The van der Waals surface area contributed by atoms with Crippen molar-refractivity contribution >= 4 is 17.4 Å². The zero-order chi connectivity index (χ0) is 14.7. The molecule has 0 fully saturated rings. The van der Waals surface area contributed by atoms with Crippen molar-refractivity contribution < 1.29 is 4.74 Å². The number of benzene rings is 1. The van der Waals surface area contributed by atoms with Crippen LogP contribution in [0.3, 0.4) is 0 Å². The SMILES string of the molecule is CCc1nc(NC)c(C)c(-c2cc(Cl)ccc2OC)n1. The van der Waals surface area contributed by atoms with Crippen molar-refractivity contribution in [1.82, 2.24) is 9.97 Å². The van der Waals surface area contributed by atoms with Gasteiger partial charge in [0, 0.05) is 29.6 Å². The minimum atomic E-state index is 0.655. The Morgan fingerprint density at radius 2 is 2.05 bits per heavy atom. The molecule has 4 nitrogen and oxygen atoms in total. The summed E-state index contributed by atoms with van der Waals surface area (Å²) < 4.78 is 5.42. The molecular weight excluding hydrogens is 274 g/mol. The number of nitrogens with one attached hydrogen (secondary N) is 1. The monoisotopic (exact) mass is 291 g/mol.